The number of aromatic nitrogens is 1. The van der Waals surface area contributed by atoms with Crippen LogP contribution in [0.4, 0.5) is 0 Å². The van der Waals surface area contributed by atoms with Crippen molar-refractivity contribution in [3.63, 3.8) is 0 Å². The van der Waals surface area contributed by atoms with Crippen molar-refractivity contribution >= 4 is 43.3 Å². The Morgan fingerprint density at radius 3 is 1.71 bits per heavy atom. The normalized spacial score (nSPS) is 9.11. The van der Waals surface area contributed by atoms with Crippen molar-refractivity contribution in [1.82, 2.24) is 4.98 Å². The van der Waals surface area contributed by atoms with Crippen molar-refractivity contribution in [2.24, 2.45) is 0 Å². The molecule has 0 aliphatic heterocycles. The monoisotopic (exact) mass is 473 g/mol. The number of benzene rings is 1. The van der Waals surface area contributed by atoms with Gasteiger partial charge in [0.25, 0.3) is 0 Å². The quantitative estimate of drug-likeness (QED) is 0.295. The fourth-order valence-corrected chi connectivity index (χ4v) is 1.27. The van der Waals surface area contributed by atoms with E-state index in [1.54, 1.807) is 19.2 Å². The van der Waals surface area contributed by atoms with Crippen LogP contribution in [-0.2, 0) is 19.2 Å². The van der Waals surface area contributed by atoms with Crippen molar-refractivity contribution in [2.75, 3.05) is 0 Å². The molecule has 162 valence electrons. The molecular weight excluding hydrogens is 437 g/mol. The standard InChI is InChI=1S/C8H6N.C5H5.2C4H9.2CH3.2ClH.Si.Ti/c1-2-4-8-7(3-1)5-6-9-8;1-2-4-5-3-1;2*1-4(2)3;;;;;;/h1-5,9H;1-3H,4H2;2*1-3H3;2*1H3;2*1H;;/q6*-1;;;;. The maximum absolute atomic E-state index is 2.99. The van der Waals surface area contributed by atoms with E-state index in [1.807, 2.05) is 36.4 Å². The Morgan fingerprint density at radius 2 is 1.39 bits per heavy atom. The third kappa shape index (κ3) is 33.3. The molecule has 0 saturated heterocycles. The smallest absolute Gasteiger partial charge is 0.0745 e. The van der Waals surface area contributed by atoms with E-state index in [4.69, 9.17) is 0 Å². The minimum atomic E-state index is 0. The van der Waals surface area contributed by atoms with Crippen LogP contribution in [0.1, 0.15) is 48.0 Å². The first-order chi connectivity index (χ1) is 11.4. The molecule has 3 rings (SSSR count). The average molecular weight is 474 g/mol. The van der Waals surface area contributed by atoms with E-state index in [-0.39, 0.29) is 39.7 Å². The van der Waals surface area contributed by atoms with E-state index < -0.39 is 0 Å². The third-order valence-corrected chi connectivity index (χ3v) is 1.98. The molecule has 1 N–H and O–H groups in total. The van der Waals surface area contributed by atoms with Gasteiger partial charge in [0.1, 0.15) is 0 Å². The number of hydrogen-bond acceptors (Lipinski definition) is 0. The summed E-state index contributed by atoms with van der Waals surface area (Å²) in [6.45, 7) is 12.5. The summed E-state index contributed by atoms with van der Waals surface area (Å²) in [4.78, 5) is 2.99. The number of fused-ring (bicyclic) bond motifs is 1. The van der Waals surface area contributed by atoms with E-state index >= 15 is 0 Å². The molecule has 1 aliphatic carbocycles. The van der Waals surface area contributed by atoms with Crippen molar-refractivity contribution in [3.05, 3.63) is 87.5 Å². The second-order valence-corrected chi connectivity index (χ2v) is 6.00. The van der Waals surface area contributed by atoms with Crippen LogP contribution in [0.2, 0.25) is 0 Å². The van der Waals surface area contributed by atoms with Gasteiger partial charge in [0, 0.05) is 0 Å². The van der Waals surface area contributed by atoms with E-state index in [9.17, 15) is 0 Å². The first kappa shape index (κ1) is 42.0. The van der Waals surface area contributed by atoms with Gasteiger partial charge in [-0.15, -0.1) is 55.1 Å². The fraction of sp³-hybridized carbons (Fsp3) is 0.304. The van der Waals surface area contributed by atoms with E-state index in [2.05, 4.69) is 78.6 Å². The van der Waals surface area contributed by atoms with E-state index in [0.29, 0.717) is 0 Å². The molecule has 0 amide bonds. The number of H-pyrrole nitrogens is 1. The van der Waals surface area contributed by atoms with Crippen LogP contribution >= 0.6 is 24.8 Å². The molecule has 0 saturated carbocycles. The molecule has 1 heterocycles. The van der Waals surface area contributed by atoms with Gasteiger partial charge in [-0.3, -0.25) is 6.08 Å². The largest absolute Gasteiger partial charge is 0.477 e. The fourth-order valence-electron chi connectivity index (χ4n) is 1.27. The van der Waals surface area contributed by atoms with Gasteiger partial charge in [-0.05, 0) is 0 Å². The zero-order valence-corrected chi connectivity index (χ0v) is 22.8. The number of rotatable bonds is 0. The topological polar surface area (TPSA) is 15.8 Å². The predicted molar refractivity (Wildman–Crippen MR) is 132 cm³/mol. The molecule has 0 unspecified atom stereocenters. The van der Waals surface area contributed by atoms with Crippen molar-refractivity contribution in [2.45, 2.75) is 48.0 Å². The molecule has 5 heteroatoms. The number of hydrogen-bond donors (Lipinski definition) is 1. The summed E-state index contributed by atoms with van der Waals surface area (Å²) in [7, 11) is 2.97. The second kappa shape index (κ2) is 31.4. The van der Waals surface area contributed by atoms with Crippen LogP contribution in [0.3, 0.4) is 0 Å². The summed E-state index contributed by atoms with van der Waals surface area (Å²) in [5.41, 5.74) is 1.15. The number of para-hydroxylation sites is 1. The Morgan fingerprint density at radius 1 is 0.929 bits per heavy atom. The number of nitrogens with one attached hydrogen (secondary N) is 1. The van der Waals surface area contributed by atoms with Gasteiger partial charge >= 0.3 is 26.8 Å². The molecule has 0 bridgehead atoms. The third-order valence-electron chi connectivity index (χ3n) is 1.98. The van der Waals surface area contributed by atoms with E-state index in [1.165, 1.54) is 17.2 Å². The van der Waals surface area contributed by atoms with Crippen LogP contribution in [0.25, 0.3) is 10.9 Å². The Labute approximate surface area is 202 Å². The maximum Gasteiger partial charge on any atom is -0.0745 e. The van der Waals surface area contributed by atoms with Gasteiger partial charge in [-0.25, -0.2) is 12.2 Å². The summed E-state index contributed by atoms with van der Waals surface area (Å²) in [6.07, 6.45) is 12.9. The van der Waals surface area contributed by atoms with Crippen LogP contribution in [-0.4, -0.2) is 12.6 Å². The molecule has 2 radical (unpaired) electrons. The van der Waals surface area contributed by atoms with Gasteiger partial charge in [-0.1, -0.05) is 12.1 Å². The van der Waals surface area contributed by atoms with Crippen molar-refractivity contribution in [1.29, 1.82) is 0 Å². The number of allylic oxidation sites excluding steroid dienone is 4. The minimum absolute atomic E-state index is 0. The van der Waals surface area contributed by atoms with Gasteiger partial charge in [0.15, 0.2) is 0 Å². The van der Waals surface area contributed by atoms with Crippen LogP contribution in [0, 0.1) is 39.0 Å². The Bertz CT molecular complexity index is 515. The number of aromatic amines is 1. The van der Waals surface area contributed by atoms with E-state index in [0.717, 1.165) is 11.9 Å². The Balaban J connectivity index is -0.0000000568. The van der Waals surface area contributed by atoms with Crippen LogP contribution < -0.4 is 0 Å². The van der Waals surface area contributed by atoms with Crippen molar-refractivity contribution in [3.8, 4) is 0 Å². The molecule has 1 aromatic heterocycles. The molecule has 2 aromatic rings. The zero-order chi connectivity index (χ0) is 18.8. The number of halogens is 2. The summed E-state index contributed by atoms with van der Waals surface area (Å²) in [5.74, 6) is 2.83. The van der Waals surface area contributed by atoms with Crippen LogP contribution in [0.5, 0.6) is 0 Å². The molecular formula is C23H37Cl2NSiTi-6. The first-order valence-electron chi connectivity index (χ1n) is 7.87. The Hall–Kier alpha value is -0.249. The van der Waals surface area contributed by atoms with Crippen molar-refractivity contribution < 1.29 is 19.2 Å². The second-order valence-electron chi connectivity index (χ2n) is 6.00. The molecule has 1 aliphatic rings. The SMILES string of the molecule is C[C-](C)C.C[C-](C)C.Cl.Cl.[C-]1=CC=CC1.[CH3-].[CH3-].[Si]=[Ti].[c-]1cc2ccccc2[nH]1. The van der Waals surface area contributed by atoms with Crippen LogP contribution in [0.15, 0.2) is 48.6 Å². The summed E-state index contributed by atoms with van der Waals surface area (Å²) in [6, 6.07) is 10.1. The average Bonchev–Trinajstić information content (AvgIpc) is 3.23. The molecule has 0 spiro atoms. The van der Waals surface area contributed by atoms with Gasteiger partial charge in [0.2, 0.25) is 0 Å². The summed E-state index contributed by atoms with van der Waals surface area (Å²) in [5, 5.41) is 1.22. The molecule has 0 atom stereocenters. The first-order valence-corrected chi connectivity index (χ1v) is 10.7. The zero-order valence-electron chi connectivity index (χ0n) is 18.6. The molecule has 1 nitrogen and oxygen atoms in total. The van der Waals surface area contributed by atoms with Gasteiger partial charge in [0.05, 0.1) is 0 Å². The maximum atomic E-state index is 2.99. The molecule has 1 aromatic carbocycles. The Kier molecular flexibility index (Phi) is 47.1. The molecule has 28 heavy (non-hydrogen) atoms. The van der Waals surface area contributed by atoms with Gasteiger partial charge < -0.3 is 31.7 Å². The summed E-state index contributed by atoms with van der Waals surface area (Å²) >= 11 is 1.81. The predicted octanol–water partition coefficient (Wildman–Crippen LogP) is 7.88. The van der Waals surface area contributed by atoms with Gasteiger partial charge in [-0.2, -0.15) is 59.1 Å². The minimum Gasteiger partial charge on any atom is -0.477 e. The summed E-state index contributed by atoms with van der Waals surface area (Å²) < 4.78 is 0. The molecule has 0 fully saturated rings.